The quantitative estimate of drug-likeness (QED) is 0.769. The molecule has 0 bridgehead atoms. The maximum Gasteiger partial charge on any atom is 0.115 e. The number of nitrogens with one attached hydrogen (secondary N) is 1. The zero-order chi connectivity index (χ0) is 16.7. The molecule has 2 aromatic carbocycles. The van der Waals surface area contributed by atoms with E-state index in [9.17, 15) is 5.11 Å². The average molecular weight is 308 g/mol. The predicted octanol–water partition coefficient (Wildman–Crippen LogP) is 3.50. The van der Waals surface area contributed by atoms with Crippen molar-refractivity contribution in [3.8, 4) is 18.1 Å². The van der Waals surface area contributed by atoms with Crippen molar-refractivity contribution in [3.63, 3.8) is 0 Å². The lowest BCUT2D eigenvalue weighted by Gasteiger charge is -2.22. The SMILES string of the molecule is C#CCN(C)C(C)Cc1ccc(NCc2cccc(O)c2)cc1. The van der Waals surface area contributed by atoms with Crippen LogP contribution in [0, 0.1) is 12.3 Å². The van der Waals surface area contributed by atoms with Crippen LogP contribution in [0.3, 0.4) is 0 Å². The first-order valence-corrected chi connectivity index (χ1v) is 7.83. The van der Waals surface area contributed by atoms with Crippen molar-refractivity contribution in [1.82, 2.24) is 4.90 Å². The molecule has 23 heavy (non-hydrogen) atoms. The Labute approximate surface area is 139 Å². The molecule has 1 unspecified atom stereocenters. The fraction of sp³-hybridized carbons (Fsp3) is 0.300. The second-order valence-electron chi connectivity index (χ2n) is 5.89. The van der Waals surface area contributed by atoms with Crippen LogP contribution in [-0.4, -0.2) is 29.6 Å². The number of hydrogen-bond acceptors (Lipinski definition) is 3. The van der Waals surface area contributed by atoms with Gasteiger partial charge in [-0.05, 0) is 55.8 Å². The Kier molecular flexibility index (Phi) is 6.08. The minimum Gasteiger partial charge on any atom is -0.508 e. The lowest BCUT2D eigenvalue weighted by Crippen LogP contribution is -2.31. The number of rotatable bonds is 7. The number of benzene rings is 2. The van der Waals surface area contributed by atoms with E-state index in [1.54, 1.807) is 12.1 Å². The highest BCUT2D eigenvalue weighted by Crippen LogP contribution is 2.15. The summed E-state index contributed by atoms with van der Waals surface area (Å²) < 4.78 is 0. The van der Waals surface area contributed by atoms with Crippen molar-refractivity contribution in [1.29, 1.82) is 0 Å². The molecule has 0 aliphatic rings. The van der Waals surface area contributed by atoms with E-state index in [1.165, 1.54) is 5.56 Å². The summed E-state index contributed by atoms with van der Waals surface area (Å²) in [6.45, 7) is 3.55. The number of hydrogen-bond donors (Lipinski definition) is 2. The molecule has 1 atom stereocenters. The summed E-state index contributed by atoms with van der Waals surface area (Å²) >= 11 is 0. The minimum absolute atomic E-state index is 0.296. The first kappa shape index (κ1) is 16.9. The van der Waals surface area contributed by atoms with E-state index in [4.69, 9.17) is 6.42 Å². The first-order chi connectivity index (χ1) is 11.1. The van der Waals surface area contributed by atoms with Gasteiger partial charge in [0.2, 0.25) is 0 Å². The van der Waals surface area contributed by atoms with Gasteiger partial charge in [0.05, 0.1) is 6.54 Å². The van der Waals surface area contributed by atoms with Crippen LogP contribution in [0.1, 0.15) is 18.1 Å². The summed E-state index contributed by atoms with van der Waals surface area (Å²) in [6, 6.07) is 16.2. The topological polar surface area (TPSA) is 35.5 Å². The number of anilines is 1. The highest BCUT2D eigenvalue weighted by Gasteiger charge is 2.08. The maximum absolute atomic E-state index is 9.47. The van der Waals surface area contributed by atoms with Crippen molar-refractivity contribution >= 4 is 5.69 Å². The van der Waals surface area contributed by atoms with Crippen LogP contribution in [0.25, 0.3) is 0 Å². The normalized spacial score (nSPS) is 11.9. The van der Waals surface area contributed by atoms with Crippen molar-refractivity contribution in [3.05, 3.63) is 59.7 Å². The molecule has 0 radical (unpaired) electrons. The Hall–Kier alpha value is -2.44. The molecule has 0 heterocycles. The molecule has 3 nitrogen and oxygen atoms in total. The number of nitrogens with zero attached hydrogens (tertiary/aromatic N) is 1. The molecule has 3 heteroatoms. The summed E-state index contributed by atoms with van der Waals surface area (Å²) in [4.78, 5) is 2.17. The van der Waals surface area contributed by atoms with Gasteiger partial charge in [-0.15, -0.1) is 6.42 Å². The zero-order valence-corrected chi connectivity index (χ0v) is 13.8. The van der Waals surface area contributed by atoms with Crippen LogP contribution in [0.2, 0.25) is 0 Å². The highest BCUT2D eigenvalue weighted by molar-refractivity contribution is 5.45. The van der Waals surface area contributed by atoms with Crippen LogP contribution in [-0.2, 0) is 13.0 Å². The third-order valence-electron chi connectivity index (χ3n) is 3.99. The van der Waals surface area contributed by atoms with Crippen LogP contribution in [0.4, 0.5) is 5.69 Å². The molecular formula is C20H24N2O. The number of aromatic hydroxyl groups is 1. The van der Waals surface area contributed by atoms with E-state index >= 15 is 0 Å². The largest absolute Gasteiger partial charge is 0.508 e. The third kappa shape index (κ3) is 5.36. The van der Waals surface area contributed by atoms with Gasteiger partial charge in [-0.25, -0.2) is 0 Å². The van der Waals surface area contributed by atoms with Crippen LogP contribution < -0.4 is 5.32 Å². The van der Waals surface area contributed by atoms with E-state index in [0.29, 0.717) is 24.9 Å². The number of phenols is 1. The Bertz CT molecular complexity index is 658. The highest BCUT2D eigenvalue weighted by atomic mass is 16.3. The van der Waals surface area contributed by atoms with E-state index in [-0.39, 0.29) is 0 Å². The van der Waals surface area contributed by atoms with Gasteiger partial charge in [-0.3, -0.25) is 4.90 Å². The van der Waals surface area contributed by atoms with Gasteiger partial charge in [0.1, 0.15) is 5.75 Å². The average Bonchev–Trinajstić information content (AvgIpc) is 2.54. The Balaban J connectivity index is 1.88. The van der Waals surface area contributed by atoms with E-state index in [1.807, 2.05) is 12.1 Å². The lowest BCUT2D eigenvalue weighted by molar-refractivity contribution is 0.287. The molecule has 0 saturated carbocycles. The summed E-state index contributed by atoms with van der Waals surface area (Å²) in [6.07, 6.45) is 6.33. The summed E-state index contributed by atoms with van der Waals surface area (Å²) in [5.41, 5.74) is 3.42. The van der Waals surface area contributed by atoms with Crippen molar-refractivity contribution in [2.75, 3.05) is 18.9 Å². The summed E-state index contributed by atoms with van der Waals surface area (Å²) in [5, 5.41) is 12.8. The lowest BCUT2D eigenvalue weighted by atomic mass is 10.1. The van der Waals surface area contributed by atoms with Gasteiger partial charge in [0.25, 0.3) is 0 Å². The molecule has 0 aliphatic carbocycles. The van der Waals surface area contributed by atoms with Gasteiger partial charge in [-0.1, -0.05) is 30.2 Å². The van der Waals surface area contributed by atoms with Crippen molar-refractivity contribution in [2.24, 2.45) is 0 Å². The molecule has 0 saturated heterocycles. The monoisotopic (exact) mass is 308 g/mol. The standard InChI is InChI=1S/C20H24N2O/c1-4-12-22(3)16(2)13-17-8-10-19(11-9-17)21-15-18-6-5-7-20(23)14-18/h1,5-11,14,16,21,23H,12-13,15H2,2-3H3. The summed E-state index contributed by atoms with van der Waals surface area (Å²) in [7, 11) is 2.05. The number of terminal acetylenes is 1. The number of phenolic OH excluding ortho intramolecular Hbond substituents is 1. The molecule has 2 aromatic rings. The molecule has 2 rings (SSSR count). The molecule has 0 aromatic heterocycles. The second-order valence-corrected chi connectivity index (χ2v) is 5.89. The van der Waals surface area contributed by atoms with E-state index in [0.717, 1.165) is 17.7 Å². The second kappa shape index (κ2) is 8.26. The number of likely N-dealkylation sites (N-methyl/N-ethyl adjacent to an activating group) is 1. The van der Waals surface area contributed by atoms with Gasteiger partial charge in [0.15, 0.2) is 0 Å². The van der Waals surface area contributed by atoms with Crippen LogP contribution in [0.15, 0.2) is 48.5 Å². The van der Waals surface area contributed by atoms with Gasteiger partial charge >= 0.3 is 0 Å². The van der Waals surface area contributed by atoms with Crippen molar-refractivity contribution in [2.45, 2.75) is 25.9 Å². The molecule has 0 amide bonds. The van der Waals surface area contributed by atoms with Crippen LogP contribution in [0.5, 0.6) is 5.75 Å². The molecule has 0 spiro atoms. The zero-order valence-electron chi connectivity index (χ0n) is 13.8. The molecule has 2 N–H and O–H groups in total. The fourth-order valence-electron chi connectivity index (χ4n) is 2.43. The smallest absolute Gasteiger partial charge is 0.115 e. The fourth-order valence-corrected chi connectivity index (χ4v) is 2.43. The van der Waals surface area contributed by atoms with E-state index in [2.05, 4.69) is 54.4 Å². The van der Waals surface area contributed by atoms with Gasteiger partial charge in [-0.2, -0.15) is 0 Å². The van der Waals surface area contributed by atoms with E-state index < -0.39 is 0 Å². The van der Waals surface area contributed by atoms with Crippen molar-refractivity contribution < 1.29 is 5.11 Å². The minimum atomic E-state index is 0.296. The predicted molar refractivity (Wildman–Crippen MR) is 96.5 cm³/mol. The Morgan fingerprint density at radius 2 is 1.91 bits per heavy atom. The third-order valence-corrected chi connectivity index (χ3v) is 3.99. The Morgan fingerprint density at radius 1 is 1.17 bits per heavy atom. The molecule has 120 valence electrons. The molecular weight excluding hydrogens is 284 g/mol. The van der Waals surface area contributed by atoms with Gasteiger partial charge in [0, 0.05) is 18.3 Å². The molecule has 0 fully saturated rings. The maximum atomic E-state index is 9.47. The molecule has 0 aliphatic heterocycles. The Morgan fingerprint density at radius 3 is 2.57 bits per heavy atom. The van der Waals surface area contributed by atoms with Gasteiger partial charge < -0.3 is 10.4 Å². The summed E-state index contributed by atoms with van der Waals surface area (Å²) in [5.74, 6) is 2.97. The first-order valence-electron chi connectivity index (χ1n) is 7.83. The van der Waals surface area contributed by atoms with Crippen LogP contribution >= 0.6 is 0 Å².